The largest absolute Gasteiger partial charge is 0.495 e. The lowest BCUT2D eigenvalue weighted by molar-refractivity contribution is 0.369. The van der Waals surface area contributed by atoms with Crippen LogP contribution in [-0.2, 0) is 4.74 Å². The van der Waals surface area contributed by atoms with Crippen molar-refractivity contribution in [2.24, 2.45) is 0 Å². The molecule has 0 saturated heterocycles. The van der Waals surface area contributed by atoms with Crippen LogP contribution in [0, 0.1) is 6.92 Å². The van der Waals surface area contributed by atoms with E-state index in [0.717, 1.165) is 0 Å². The average Bonchev–Trinajstić information content (AvgIpc) is 2.44. The first-order chi connectivity index (χ1) is 8.49. The smallest absolute Gasteiger partial charge is 0.138 e. The molecule has 2 N–H and O–H groups in total. The van der Waals surface area contributed by atoms with Crippen molar-refractivity contribution >= 4 is 34.6 Å². The van der Waals surface area contributed by atoms with E-state index in [2.05, 4.69) is 11.6 Å². The van der Waals surface area contributed by atoms with Crippen molar-refractivity contribution in [2.45, 2.75) is 34.6 Å². The fourth-order valence-corrected chi connectivity index (χ4v) is 1.39. The fraction of sp³-hybridized carbons (Fsp3) is 0.462. The van der Waals surface area contributed by atoms with E-state index in [9.17, 15) is 0 Å². The molecule has 0 aliphatic heterocycles. The zero-order valence-corrected chi connectivity index (χ0v) is 13.4. The molecule has 0 aliphatic carbocycles. The molecular weight excluding hydrogens is 271 g/mol. The first kappa shape index (κ1) is 19.4. The van der Waals surface area contributed by atoms with Crippen LogP contribution in [0.1, 0.15) is 39.0 Å². The van der Waals surface area contributed by atoms with Crippen LogP contribution in [0.4, 0.5) is 5.69 Å². The number of nitrogens with two attached hydrogens (primary N) is 1. The first-order valence-corrected chi connectivity index (χ1v) is 6.59. The van der Waals surface area contributed by atoms with Crippen LogP contribution in [0.5, 0.6) is 0 Å². The molecule has 0 bridgehead atoms. The van der Waals surface area contributed by atoms with Gasteiger partial charge in [-0.3, -0.25) is 0 Å². The minimum Gasteiger partial charge on any atom is -0.495 e. The van der Waals surface area contributed by atoms with Gasteiger partial charge in [-0.15, -0.1) is 0 Å². The third-order valence-electron chi connectivity index (χ3n) is 1.88. The van der Waals surface area contributed by atoms with Crippen LogP contribution in [0.25, 0.3) is 5.76 Å². The molecule has 0 aliphatic rings. The lowest BCUT2D eigenvalue weighted by atomic mass is 10.2. The number of rotatable bonds is 2. The van der Waals surface area contributed by atoms with Crippen molar-refractivity contribution in [3.63, 3.8) is 0 Å². The van der Waals surface area contributed by atoms with E-state index < -0.39 is 0 Å². The molecule has 1 heterocycles. The molecule has 5 heteroatoms. The summed E-state index contributed by atoms with van der Waals surface area (Å²) >= 11 is 11.8. The third kappa shape index (κ3) is 4.75. The van der Waals surface area contributed by atoms with Gasteiger partial charge in [-0.25, -0.2) is 4.98 Å². The molecule has 3 nitrogen and oxygen atoms in total. The molecule has 0 unspecified atom stereocenters. The average molecular weight is 293 g/mol. The van der Waals surface area contributed by atoms with Crippen molar-refractivity contribution in [3.8, 4) is 0 Å². The van der Waals surface area contributed by atoms with E-state index in [-0.39, 0.29) is 0 Å². The van der Waals surface area contributed by atoms with Gasteiger partial charge in [0, 0.05) is 5.56 Å². The van der Waals surface area contributed by atoms with E-state index in [1.165, 1.54) is 7.11 Å². The summed E-state index contributed by atoms with van der Waals surface area (Å²) < 4.78 is 4.91. The molecule has 0 atom stereocenters. The molecule has 0 aromatic carbocycles. The van der Waals surface area contributed by atoms with Gasteiger partial charge in [0.2, 0.25) is 0 Å². The maximum absolute atomic E-state index is 5.96. The summed E-state index contributed by atoms with van der Waals surface area (Å²) in [5.41, 5.74) is 7.16. The van der Waals surface area contributed by atoms with Gasteiger partial charge in [0.15, 0.2) is 0 Å². The number of hydrogen-bond acceptors (Lipinski definition) is 3. The minimum atomic E-state index is 0.306. The van der Waals surface area contributed by atoms with Crippen LogP contribution in [0.15, 0.2) is 6.58 Å². The SMILES string of the molecule is C=C(OC)c1nc(Cl)c(C)c(N)c1Cl.CC.CC. The Balaban J connectivity index is 0. The van der Waals surface area contributed by atoms with Crippen molar-refractivity contribution < 1.29 is 4.74 Å². The van der Waals surface area contributed by atoms with E-state index in [1.54, 1.807) is 6.92 Å². The molecule has 0 saturated carbocycles. The topological polar surface area (TPSA) is 48.1 Å². The molecule has 1 aromatic rings. The number of halogens is 2. The number of nitrogen functional groups attached to an aromatic ring is 1. The minimum absolute atomic E-state index is 0.306. The van der Waals surface area contributed by atoms with Gasteiger partial charge < -0.3 is 10.5 Å². The zero-order valence-electron chi connectivity index (χ0n) is 11.9. The first-order valence-electron chi connectivity index (χ1n) is 5.83. The number of hydrogen-bond donors (Lipinski definition) is 1. The predicted molar refractivity (Wildman–Crippen MR) is 82.1 cm³/mol. The Morgan fingerprint density at radius 3 is 2.06 bits per heavy atom. The van der Waals surface area contributed by atoms with Crippen molar-refractivity contribution in [1.82, 2.24) is 4.98 Å². The molecule has 0 amide bonds. The number of anilines is 1. The summed E-state index contributed by atoms with van der Waals surface area (Å²) in [5.74, 6) is 0.337. The Morgan fingerprint density at radius 2 is 1.67 bits per heavy atom. The Morgan fingerprint density at radius 1 is 1.22 bits per heavy atom. The lowest BCUT2D eigenvalue weighted by Gasteiger charge is -2.10. The molecule has 1 aromatic heterocycles. The second-order valence-corrected chi connectivity index (χ2v) is 3.47. The highest BCUT2D eigenvalue weighted by atomic mass is 35.5. The summed E-state index contributed by atoms with van der Waals surface area (Å²) in [6.07, 6.45) is 0. The molecule has 0 fully saturated rings. The third-order valence-corrected chi connectivity index (χ3v) is 2.63. The second-order valence-electron chi connectivity index (χ2n) is 2.73. The van der Waals surface area contributed by atoms with Gasteiger partial charge in [-0.1, -0.05) is 57.5 Å². The highest BCUT2D eigenvalue weighted by molar-refractivity contribution is 6.36. The van der Waals surface area contributed by atoms with E-state index in [4.69, 9.17) is 33.7 Å². The fourth-order valence-electron chi connectivity index (χ4n) is 0.916. The monoisotopic (exact) mass is 292 g/mol. The zero-order chi connectivity index (χ0) is 14.9. The highest BCUT2D eigenvalue weighted by Crippen LogP contribution is 2.32. The van der Waals surface area contributed by atoms with Crippen LogP contribution in [0.3, 0.4) is 0 Å². The van der Waals surface area contributed by atoms with Gasteiger partial charge >= 0.3 is 0 Å². The summed E-state index contributed by atoms with van der Waals surface area (Å²) in [4.78, 5) is 4.03. The van der Waals surface area contributed by atoms with Gasteiger partial charge in [0.1, 0.15) is 16.6 Å². The Bertz CT molecular complexity index is 393. The number of nitrogens with zero attached hydrogens (tertiary/aromatic N) is 1. The van der Waals surface area contributed by atoms with Crippen molar-refractivity contribution in [1.29, 1.82) is 0 Å². The second kappa shape index (κ2) is 10.0. The number of ether oxygens (including phenoxy) is 1. The highest BCUT2D eigenvalue weighted by Gasteiger charge is 2.14. The van der Waals surface area contributed by atoms with Gasteiger partial charge in [0.05, 0.1) is 17.8 Å². The maximum atomic E-state index is 5.96. The van der Waals surface area contributed by atoms with Gasteiger partial charge in [-0.2, -0.15) is 0 Å². The molecular formula is C13H22Cl2N2O. The maximum Gasteiger partial charge on any atom is 0.138 e. The summed E-state index contributed by atoms with van der Waals surface area (Å²) in [5, 5.41) is 0.624. The predicted octanol–water partition coefficient (Wildman–Crippen LogP) is 4.95. The Hall–Kier alpha value is -0.930. The summed E-state index contributed by atoms with van der Waals surface area (Å²) in [7, 11) is 1.48. The van der Waals surface area contributed by atoms with Crippen LogP contribution in [-0.4, -0.2) is 12.1 Å². The van der Waals surface area contributed by atoms with Crippen LogP contribution in [0.2, 0.25) is 10.2 Å². The lowest BCUT2D eigenvalue weighted by Crippen LogP contribution is -2.00. The van der Waals surface area contributed by atoms with Gasteiger partial charge in [0.25, 0.3) is 0 Å². The molecule has 1 rings (SSSR count). The standard InChI is InChI=1S/C9H10Cl2N2O.2C2H6/c1-4-7(12)6(10)8(5(2)14-3)13-9(4)11;2*1-2/h2H2,1,3H3,(H2,12,13);2*1-2H3. The Labute approximate surface area is 120 Å². The summed E-state index contributed by atoms with van der Waals surface area (Å²) in [6.45, 7) is 13.4. The molecule has 18 heavy (non-hydrogen) atoms. The van der Waals surface area contributed by atoms with Crippen molar-refractivity contribution in [2.75, 3.05) is 12.8 Å². The number of pyridine rings is 1. The van der Waals surface area contributed by atoms with Crippen LogP contribution >= 0.6 is 23.2 Å². The van der Waals surface area contributed by atoms with Gasteiger partial charge in [-0.05, 0) is 6.92 Å². The van der Waals surface area contributed by atoms with Crippen molar-refractivity contribution in [3.05, 3.63) is 28.0 Å². The number of methoxy groups -OCH3 is 1. The molecule has 0 radical (unpaired) electrons. The van der Waals surface area contributed by atoms with E-state index in [1.807, 2.05) is 27.7 Å². The summed E-state index contributed by atoms with van der Waals surface area (Å²) in [6, 6.07) is 0. The van der Waals surface area contributed by atoms with E-state index in [0.29, 0.717) is 32.9 Å². The quantitative estimate of drug-likeness (QED) is 0.620. The Kier molecular flexibility index (Phi) is 10.8. The molecule has 0 spiro atoms. The normalized spacial score (nSPS) is 8.44. The van der Waals surface area contributed by atoms with Crippen LogP contribution < -0.4 is 5.73 Å². The molecule has 104 valence electrons. The number of aromatic nitrogens is 1. The van der Waals surface area contributed by atoms with E-state index >= 15 is 0 Å².